The summed E-state index contributed by atoms with van der Waals surface area (Å²) in [5.41, 5.74) is 0.190. The number of hydrogen-bond donors (Lipinski definition) is 0. The molecule has 0 saturated heterocycles. The minimum absolute atomic E-state index is 0.190. The van der Waals surface area contributed by atoms with Gasteiger partial charge >= 0.3 is 7.60 Å². The minimum atomic E-state index is -2.97. The van der Waals surface area contributed by atoms with E-state index in [1.54, 1.807) is 0 Å². The lowest BCUT2D eigenvalue weighted by Gasteiger charge is -2.13. The number of alkyl halides is 1. The Hall–Kier alpha value is 0.110. The first-order chi connectivity index (χ1) is 5.68. The summed E-state index contributed by atoms with van der Waals surface area (Å²) in [4.78, 5) is 0. The van der Waals surface area contributed by atoms with Crippen LogP contribution in [0.1, 0.15) is 0 Å². The third-order valence-electron chi connectivity index (χ3n) is 0.987. The van der Waals surface area contributed by atoms with Gasteiger partial charge in [-0.1, -0.05) is 28.1 Å². The Bertz CT molecular complexity index is 193. The van der Waals surface area contributed by atoms with Crippen molar-refractivity contribution < 1.29 is 13.6 Å². The molecule has 0 amide bonds. The standard InChI is InChI=1S/C7H12BrO3P/c1-3-5-10-12(9,6-4-2)11-7-8/h3-4H,1-2,5-7H2. The van der Waals surface area contributed by atoms with Crippen LogP contribution in [0.15, 0.2) is 25.3 Å². The predicted molar refractivity (Wildman–Crippen MR) is 53.7 cm³/mol. The monoisotopic (exact) mass is 254 g/mol. The van der Waals surface area contributed by atoms with Crippen molar-refractivity contribution in [2.75, 3.05) is 18.3 Å². The zero-order valence-corrected chi connectivity index (χ0v) is 9.22. The second-order valence-corrected chi connectivity index (χ2v) is 4.47. The first-order valence-electron chi connectivity index (χ1n) is 3.34. The molecule has 0 spiro atoms. The maximum absolute atomic E-state index is 11.6. The second-order valence-electron chi connectivity index (χ2n) is 1.90. The molecule has 70 valence electrons. The topological polar surface area (TPSA) is 35.5 Å². The van der Waals surface area contributed by atoms with Crippen LogP contribution in [0.25, 0.3) is 0 Å². The normalized spacial score (nSPS) is 15.1. The molecule has 0 N–H and O–H groups in total. The Morgan fingerprint density at radius 1 is 1.33 bits per heavy atom. The second kappa shape index (κ2) is 6.61. The SMILES string of the molecule is C=CCOP(=O)(CC=C)OCBr. The minimum Gasteiger partial charge on any atom is -0.304 e. The Morgan fingerprint density at radius 2 is 2.00 bits per heavy atom. The number of hydrogen-bond acceptors (Lipinski definition) is 3. The smallest absolute Gasteiger partial charge is 0.304 e. The van der Waals surface area contributed by atoms with Gasteiger partial charge in [0.25, 0.3) is 0 Å². The van der Waals surface area contributed by atoms with Gasteiger partial charge < -0.3 is 4.52 Å². The van der Waals surface area contributed by atoms with E-state index in [-0.39, 0.29) is 18.3 Å². The van der Waals surface area contributed by atoms with Gasteiger partial charge in [0.05, 0.1) is 12.8 Å². The van der Waals surface area contributed by atoms with Crippen molar-refractivity contribution >= 4 is 23.5 Å². The largest absolute Gasteiger partial charge is 0.335 e. The quantitative estimate of drug-likeness (QED) is 0.398. The predicted octanol–water partition coefficient (Wildman–Crippen LogP) is 2.94. The molecule has 0 aliphatic rings. The molecule has 0 rings (SSSR count). The molecule has 0 aliphatic carbocycles. The van der Waals surface area contributed by atoms with Gasteiger partial charge in [0.1, 0.15) is 5.52 Å². The van der Waals surface area contributed by atoms with Crippen LogP contribution in [0, 0.1) is 0 Å². The molecule has 0 saturated carbocycles. The van der Waals surface area contributed by atoms with E-state index in [9.17, 15) is 4.57 Å². The summed E-state index contributed by atoms with van der Waals surface area (Å²) in [7, 11) is -2.97. The molecule has 0 aromatic rings. The van der Waals surface area contributed by atoms with Crippen molar-refractivity contribution in [3.05, 3.63) is 25.3 Å². The average Bonchev–Trinajstić information content (AvgIpc) is 2.02. The Balaban J connectivity index is 4.07. The van der Waals surface area contributed by atoms with Crippen LogP contribution in [0.4, 0.5) is 0 Å². The fourth-order valence-corrected chi connectivity index (χ4v) is 2.56. The molecule has 1 unspecified atom stereocenters. The third kappa shape index (κ3) is 4.88. The summed E-state index contributed by atoms with van der Waals surface area (Å²) < 4.78 is 21.5. The first kappa shape index (κ1) is 12.1. The fraction of sp³-hybridized carbons (Fsp3) is 0.429. The summed E-state index contributed by atoms with van der Waals surface area (Å²) in [6, 6.07) is 0. The highest BCUT2D eigenvalue weighted by Crippen LogP contribution is 2.48. The molecular formula is C7H12BrO3P. The zero-order valence-electron chi connectivity index (χ0n) is 6.74. The van der Waals surface area contributed by atoms with Gasteiger partial charge in [0, 0.05) is 0 Å². The molecule has 0 fully saturated rings. The van der Waals surface area contributed by atoms with Gasteiger partial charge in [-0.3, -0.25) is 9.09 Å². The molecular weight excluding hydrogens is 243 g/mol. The van der Waals surface area contributed by atoms with Gasteiger partial charge in [0.15, 0.2) is 0 Å². The molecule has 12 heavy (non-hydrogen) atoms. The maximum Gasteiger partial charge on any atom is 0.335 e. The van der Waals surface area contributed by atoms with Gasteiger partial charge in [-0.05, 0) is 0 Å². The van der Waals surface area contributed by atoms with Gasteiger partial charge in [0.2, 0.25) is 0 Å². The lowest BCUT2D eigenvalue weighted by atomic mass is 10.7. The van der Waals surface area contributed by atoms with Crippen LogP contribution < -0.4 is 0 Å². The number of rotatable bonds is 7. The molecule has 0 aliphatic heterocycles. The van der Waals surface area contributed by atoms with E-state index in [2.05, 4.69) is 29.1 Å². The number of halogens is 1. The molecule has 3 nitrogen and oxygen atoms in total. The third-order valence-corrected chi connectivity index (χ3v) is 3.34. The Morgan fingerprint density at radius 3 is 2.42 bits per heavy atom. The van der Waals surface area contributed by atoms with Gasteiger partial charge in [-0.15, -0.1) is 13.2 Å². The van der Waals surface area contributed by atoms with Crippen molar-refractivity contribution in [3.63, 3.8) is 0 Å². The summed E-state index contributed by atoms with van der Waals surface area (Å²) in [6.07, 6.45) is 3.24. The van der Waals surface area contributed by atoms with Crippen LogP contribution in [0.3, 0.4) is 0 Å². The van der Waals surface area contributed by atoms with Crippen LogP contribution in [0.2, 0.25) is 0 Å². The summed E-state index contributed by atoms with van der Waals surface area (Å²) in [5.74, 6) is 0. The van der Waals surface area contributed by atoms with E-state index < -0.39 is 7.60 Å². The van der Waals surface area contributed by atoms with Crippen molar-refractivity contribution in [1.82, 2.24) is 0 Å². The molecule has 5 heteroatoms. The maximum atomic E-state index is 11.6. The first-order valence-corrected chi connectivity index (χ1v) is 6.19. The molecule has 0 aromatic carbocycles. The fourth-order valence-electron chi connectivity index (χ4n) is 0.541. The van der Waals surface area contributed by atoms with Crippen LogP contribution >= 0.6 is 23.5 Å². The van der Waals surface area contributed by atoms with Crippen LogP contribution in [-0.4, -0.2) is 18.3 Å². The molecule has 1 atom stereocenters. The highest BCUT2D eigenvalue weighted by atomic mass is 79.9. The van der Waals surface area contributed by atoms with E-state index in [0.29, 0.717) is 0 Å². The lowest BCUT2D eigenvalue weighted by molar-refractivity contribution is 0.252. The van der Waals surface area contributed by atoms with Crippen molar-refractivity contribution in [2.45, 2.75) is 0 Å². The Labute approximate surface area is 81.1 Å². The van der Waals surface area contributed by atoms with E-state index in [1.165, 1.54) is 12.2 Å². The highest BCUT2D eigenvalue weighted by Gasteiger charge is 2.21. The zero-order chi connectivity index (χ0) is 9.45. The highest BCUT2D eigenvalue weighted by molar-refractivity contribution is 9.09. The molecule has 0 aromatic heterocycles. The molecule has 0 bridgehead atoms. The Kier molecular flexibility index (Phi) is 6.67. The summed E-state index contributed by atoms with van der Waals surface area (Å²) >= 11 is 3.01. The molecule has 0 radical (unpaired) electrons. The van der Waals surface area contributed by atoms with E-state index in [1.807, 2.05) is 0 Å². The van der Waals surface area contributed by atoms with Crippen molar-refractivity contribution in [3.8, 4) is 0 Å². The van der Waals surface area contributed by atoms with E-state index in [0.717, 1.165) is 0 Å². The summed E-state index contributed by atoms with van der Waals surface area (Å²) in [6.45, 7) is 7.13. The van der Waals surface area contributed by atoms with Gasteiger partial charge in [-0.25, -0.2) is 0 Å². The van der Waals surface area contributed by atoms with Crippen molar-refractivity contribution in [2.24, 2.45) is 0 Å². The van der Waals surface area contributed by atoms with Gasteiger partial charge in [-0.2, -0.15) is 0 Å². The van der Waals surface area contributed by atoms with E-state index >= 15 is 0 Å². The molecule has 0 heterocycles. The van der Waals surface area contributed by atoms with Crippen molar-refractivity contribution in [1.29, 1.82) is 0 Å². The van der Waals surface area contributed by atoms with Crippen LogP contribution in [-0.2, 0) is 13.6 Å². The van der Waals surface area contributed by atoms with E-state index in [4.69, 9.17) is 9.05 Å². The summed E-state index contributed by atoms with van der Waals surface area (Å²) in [5, 5.41) is 0. The lowest BCUT2D eigenvalue weighted by Crippen LogP contribution is -1.97. The average molecular weight is 255 g/mol. The number of allylic oxidation sites excluding steroid dienone is 1. The van der Waals surface area contributed by atoms with Crippen LogP contribution in [0.5, 0.6) is 0 Å².